The average molecular weight is 259 g/mol. The third kappa shape index (κ3) is 3.01. The number of nitrogens with zero attached hydrogens (tertiary/aromatic N) is 1. The van der Waals surface area contributed by atoms with Crippen LogP contribution in [0.25, 0.3) is 11.1 Å². The van der Waals surface area contributed by atoms with E-state index in [9.17, 15) is 0 Å². The number of thiophene rings is 1. The summed E-state index contributed by atoms with van der Waals surface area (Å²) < 4.78 is 0. The Hall–Kier alpha value is -1.12. The van der Waals surface area contributed by atoms with Crippen molar-refractivity contribution in [2.45, 2.75) is 26.3 Å². The lowest BCUT2D eigenvalue weighted by Gasteiger charge is -2.11. The molecule has 0 saturated heterocycles. The maximum atomic E-state index is 2.25. The van der Waals surface area contributed by atoms with Gasteiger partial charge in [0.15, 0.2) is 0 Å². The largest absolute Gasteiger partial charge is 0.304 e. The fourth-order valence-corrected chi connectivity index (χ4v) is 3.07. The number of hydrogen-bond acceptors (Lipinski definition) is 2. The molecule has 2 heteroatoms. The second kappa shape index (κ2) is 5.68. The fourth-order valence-electron chi connectivity index (χ4n) is 2.06. The van der Waals surface area contributed by atoms with E-state index in [1.165, 1.54) is 21.6 Å². The highest BCUT2D eigenvalue weighted by atomic mass is 32.1. The second-order valence-corrected chi connectivity index (χ2v) is 6.27. The molecule has 0 N–H and O–H groups in total. The van der Waals surface area contributed by atoms with Crippen LogP contribution in [0.15, 0.2) is 35.7 Å². The molecule has 0 spiro atoms. The Balaban J connectivity index is 2.28. The lowest BCUT2D eigenvalue weighted by molar-refractivity contribution is 0.407. The van der Waals surface area contributed by atoms with Crippen LogP contribution in [-0.2, 0) is 6.54 Å². The molecule has 0 atom stereocenters. The highest BCUT2D eigenvalue weighted by molar-refractivity contribution is 7.10. The van der Waals surface area contributed by atoms with Gasteiger partial charge in [0.25, 0.3) is 0 Å². The van der Waals surface area contributed by atoms with E-state index < -0.39 is 0 Å². The minimum Gasteiger partial charge on any atom is -0.304 e. The third-order valence-electron chi connectivity index (χ3n) is 3.09. The van der Waals surface area contributed by atoms with Crippen molar-refractivity contribution in [3.63, 3.8) is 0 Å². The predicted molar refractivity (Wildman–Crippen MR) is 81.2 cm³/mol. The van der Waals surface area contributed by atoms with Crippen molar-refractivity contribution in [2.75, 3.05) is 14.1 Å². The van der Waals surface area contributed by atoms with Crippen LogP contribution < -0.4 is 0 Å². The second-order valence-electron chi connectivity index (χ2n) is 5.27. The number of rotatable bonds is 4. The summed E-state index contributed by atoms with van der Waals surface area (Å²) >= 11 is 1.84. The average Bonchev–Trinajstić information content (AvgIpc) is 2.76. The molecule has 2 aromatic rings. The molecule has 1 aromatic carbocycles. The summed E-state index contributed by atoms with van der Waals surface area (Å²) in [5, 5.41) is 2.19. The maximum Gasteiger partial charge on any atom is 0.0328 e. The van der Waals surface area contributed by atoms with Gasteiger partial charge in [-0.2, -0.15) is 0 Å². The van der Waals surface area contributed by atoms with Crippen LogP contribution in [0, 0.1) is 0 Å². The Labute approximate surface area is 114 Å². The van der Waals surface area contributed by atoms with Gasteiger partial charge in [0.1, 0.15) is 0 Å². The Morgan fingerprint density at radius 2 is 1.72 bits per heavy atom. The van der Waals surface area contributed by atoms with Crippen LogP contribution >= 0.6 is 11.3 Å². The minimum atomic E-state index is 0.600. The summed E-state index contributed by atoms with van der Waals surface area (Å²) in [6.45, 7) is 5.48. The SMILES string of the molecule is CC(C)c1ccc(-c2ccsc2CN(C)C)cc1. The number of benzene rings is 1. The summed E-state index contributed by atoms with van der Waals surface area (Å²) in [7, 11) is 4.23. The molecule has 96 valence electrons. The Morgan fingerprint density at radius 3 is 2.28 bits per heavy atom. The first-order valence-electron chi connectivity index (χ1n) is 6.39. The first-order valence-corrected chi connectivity index (χ1v) is 7.27. The van der Waals surface area contributed by atoms with Crippen LogP contribution in [0.3, 0.4) is 0 Å². The molecule has 0 radical (unpaired) electrons. The van der Waals surface area contributed by atoms with Crippen LogP contribution in [0.2, 0.25) is 0 Å². The Morgan fingerprint density at radius 1 is 1.06 bits per heavy atom. The summed E-state index contributed by atoms with van der Waals surface area (Å²) in [6, 6.07) is 11.2. The number of hydrogen-bond donors (Lipinski definition) is 0. The topological polar surface area (TPSA) is 3.24 Å². The standard InChI is InChI=1S/C16H21NS/c1-12(2)13-5-7-14(8-6-13)15-9-10-18-16(15)11-17(3)4/h5-10,12H,11H2,1-4H3. The summed E-state index contributed by atoms with van der Waals surface area (Å²) in [6.07, 6.45) is 0. The van der Waals surface area contributed by atoms with Gasteiger partial charge in [0, 0.05) is 11.4 Å². The van der Waals surface area contributed by atoms with Gasteiger partial charge >= 0.3 is 0 Å². The zero-order valence-corrected chi connectivity index (χ0v) is 12.4. The van der Waals surface area contributed by atoms with Gasteiger partial charge in [-0.05, 0) is 48.2 Å². The quantitative estimate of drug-likeness (QED) is 0.775. The Kier molecular flexibility index (Phi) is 4.20. The summed E-state index contributed by atoms with van der Waals surface area (Å²) in [5.74, 6) is 0.600. The van der Waals surface area contributed by atoms with Crippen LogP contribution in [0.1, 0.15) is 30.2 Å². The molecular formula is C16H21NS. The van der Waals surface area contributed by atoms with Gasteiger partial charge in [0.05, 0.1) is 0 Å². The molecule has 1 nitrogen and oxygen atoms in total. The van der Waals surface area contributed by atoms with E-state index in [4.69, 9.17) is 0 Å². The normalized spacial score (nSPS) is 11.4. The molecule has 0 amide bonds. The molecule has 0 aliphatic rings. The zero-order chi connectivity index (χ0) is 13.1. The van der Waals surface area contributed by atoms with E-state index in [1.807, 2.05) is 11.3 Å². The van der Waals surface area contributed by atoms with Crippen molar-refractivity contribution in [1.82, 2.24) is 4.90 Å². The molecule has 0 unspecified atom stereocenters. The van der Waals surface area contributed by atoms with Crippen LogP contribution in [0.5, 0.6) is 0 Å². The molecule has 0 aliphatic heterocycles. The van der Waals surface area contributed by atoms with Crippen molar-refractivity contribution in [3.05, 3.63) is 46.2 Å². The van der Waals surface area contributed by atoms with E-state index in [0.717, 1.165) is 6.54 Å². The van der Waals surface area contributed by atoms with E-state index >= 15 is 0 Å². The van der Waals surface area contributed by atoms with Crippen molar-refractivity contribution in [3.8, 4) is 11.1 Å². The first-order chi connectivity index (χ1) is 8.58. The molecular weight excluding hydrogens is 238 g/mol. The lowest BCUT2D eigenvalue weighted by Crippen LogP contribution is -2.09. The van der Waals surface area contributed by atoms with Gasteiger partial charge in [-0.3, -0.25) is 0 Å². The monoisotopic (exact) mass is 259 g/mol. The highest BCUT2D eigenvalue weighted by Gasteiger charge is 2.08. The van der Waals surface area contributed by atoms with E-state index in [1.54, 1.807) is 0 Å². The smallest absolute Gasteiger partial charge is 0.0328 e. The van der Waals surface area contributed by atoms with Gasteiger partial charge < -0.3 is 4.90 Å². The van der Waals surface area contributed by atoms with E-state index in [0.29, 0.717) is 5.92 Å². The van der Waals surface area contributed by atoms with Crippen molar-refractivity contribution < 1.29 is 0 Å². The summed E-state index contributed by atoms with van der Waals surface area (Å²) in [5.41, 5.74) is 4.12. The summed E-state index contributed by atoms with van der Waals surface area (Å²) in [4.78, 5) is 3.66. The molecule has 0 fully saturated rings. The minimum absolute atomic E-state index is 0.600. The maximum absolute atomic E-state index is 2.25. The van der Waals surface area contributed by atoms with E-state index in [2.05, 4.69) is 68.6 Å². The molecule has 0 saturated carbocycles. The highest BCUT2D eigenvalue weighted by Crippen LogP contribution is 2.30. The molecule has 1 heterocycles. The van der Waals surface area contributed by atoms with Gasteiger partial charge in [-0.25, -0.2) is 0 Å². The fraction of sp³-hybridized carbons (Fsp3) is 0.375. The molecule has 0 bridgehead atoms. The molecule has 1 aromatic heterocycles. The molecule has 0 aliphatic carbocycles. The lowest BCUT2D eigenvalue weighted by atomic mass is 9.99. The third-order valence-corrected chi connectivity index (χ3v) is 4.00. The van der Waals surface area contributed by atoms with Crippen molar-refractivity contribution in [2.24, 2.45) is 0 Å². The van der Waals surface area contributed by atoms with Gasteiger partial charge in [-0.1, -0.05) is 38.1 Å². The van der Waals surface area contributed by atoms with Crippen LogP contribution in [0.4, 0.5) is 0 Å². The predicted octanol–water partition coefficient (Wildman–Crippen LogP) is 4.60. The Bertz CT molecular complexity index is 494. The molecule has 18 heavy (non-hydrogen) atoms. The van der Waals surface area contributed by atoms with Crippen molar-refractivity contribution in [1.29, 1.82) is 0 Å². The first kappa shape index (κ1) is 13.3. The van der Waals surface area contributed by atoms with Gasteiger partial charge in [-0.15, -0.1) is 11.3 Å². The zero-order valence-electron chi connectivity index (χ0n) is 11.6. The molecule has 2 rings (SSSR count). The van der Waals surface area contributed by atoms with Gasteiger partial charge in [0.2, 0.25) is 0 Å². The van der Waals surface area contributed by atoms with Crippen molar-refractivity contribution >= 4 is 11.3 Å². The van der Waals surface area contributed by atoms with Crippen LogP contribution in [-0.4, -0.2) is 19.0 Å². The van der Waals surface area contributed by atoms with E-state index in [-0.39, 0.29) is 0 Å².